The Kier molecular flexibility index (Phi) is 5.90. The maximum Gasteiger partial charge on any atom is 0.247 e. The largest absolute Gasteiger partial charge is 0.495 e. The molecule has 2 heterocycles. The van der Waals surface area contributed by atoms with E-state index in [4.69, 9.17) is 4.74 Å². The first-order chi connectivity index (χ1) is 14.3. The molecule has 2 saturated heterocycles. The highest BCUT2D eigenvalue weighted by Gasteiger charge is 2.48. The van der Waals surface area contributed by atoms with Crippen LogP contribution >= 0.6 is 0 Å². The summed E-state index contributed by atoms with van der Waals surface area (Å²) in [7, 11) is -2.29. The first kappa shape index (κ1) is 21.3. The summed E-state index contributed by atoms with van der Waals surface area (Å²) in [5.41, 5.74) is 0.624. The topological polar surface area (TPSA) is 84.0 Å². The van der Waals surface area contributed by atoms with Gasteiger partial charge in [0.15, 0.2) is 0 Å². The lowest BCUT2D eigenvalue weighted by Crippen LogP contribution is -2.42. The summed E-state index contributed by atoms with van der Waals surface area (Å²) < 4.78 is 33.7. The maximum atomic E-state index is 13.4. The highest BCUT2D eigenvalue weighted by molar-refractivity contribution is 7.89. The summed E-state index contributed by atoms with van der Waals surface area (Å²) in [5, 5.41) is 0. The first-order valence-electron chi connectivity index (χ1n) is 10.9. The molecule has 0 radical (unpaired) electrons. The number of rotatable bonds is 5. The number of ether oxygens (including phenoxy) is 1. The Morgan fingerprint density at radius 1 is 1.00 bits per heavy atom. The van der Waals surface area contributed by atoms with Gasteiger partial charge in [0.05, 0.1) is 25.5 Å². The Morgan fingerprint density at radius 3 is 2.23 bits per heavy atom. The van der Waals surface area contributed by atoms with Crippen molar-refractivity contribution in [3.05, 3.63) is 23.8 Å². The fraction of sp³-hybridized carbons (Fsp3) is 0.636. The molecule has 0 N–H and O–H groups in total. The third kappa shape index (κ3) is 3.64. The van der Waals surface area contributed by atoms with E-state index in [1.807, 2.05) is 6.92 Å². The smallest absolute Gasteiger partial charge is 0.247 e. The predicted molar refractivity (Wildman–Crippen MR) is 111 cm³/mol. The van der Waals surface area contributed by atoms with Crippen molar-refractivity contribution < 1.29 is 22.7 Å². The number of amides is 2. The number of sulfonamides is 1. The Bertz CT molecular complexity index is 921. The van der Waals surface area contributed by atoms with E-state index in [1.165, 1.54) is 12.0 Å². The van der Waals surface area contributed by atoms with Gasteiger partial charge < -0.3 is 4.74 Å². The second-order valence-corrected chi connectivity index (χ2v) is 10.6. The number of likely N-dealkylation sites (tertiary alicyclic amines) is 1. The van der Waals surface area contributed by atoms with Crippen LogP contribution in [0.2, 0.25) is 0 Å². The normalized spacial score (nSPS) is 27.9. The zero-order valence-corrected chi connectivity index (χ0v) is 18.5. The number of hydrogen-bond donors (Lipinski definition) is 0. The molecule has 0 aromatic heterocycles. The molecule has 1 aliphatic carbocycles. The van der Waals surface area contributed by atoms with Crippen LogP contribution in [-0.4, -0.2) is 49.1 Å². The Balaban J connectivity index is 1.63. The van der Waals surface area contributed by atoms with Crippen LogP contribution in [0.15, 0.2) is 23.1 Å². The van der Waals surface area contributed by atoms with Gasteiger partial charge in [0.1, 0.15) is 10.6 Å². The summed E-state index contributed by atoms with van der Waals surface area (Å²) in [6, 6.07) is 4.86. The zero-order valence-electron chi connectivity index (χ0n) is 17.7. The van der Waals surface area contributed by atoms with Crippen molar-refractivity contribution in [2.24, 2.45) is 11.8 Å². The molecule has 0 spiro atoms. The van der Waals surface area contributed by atoms with Crippen LogP contribution < -0.4 is 4.74 Å². The van der Waals surface area contributed by atoms with Gasteiger partial charge in [0.2, 0.25) is 21.8 Å². The lowest BCUT2D eigenvalue weighted by molar-refractivity contribution is -0.140. The van der Waals surface area contributed by atoms with Gasteiger partial charge in [-0.05, 0) is 50.3 Å². The summed E-state index contributed by atoms with van der Waals surface area (Å²) in [6.45, 7) is 2.52. The molecule has 8 heteroatoms. The van der Waals surface area contributed by atoms with Crippen molar-refractivity contribution in [3.8, 4) is 5.75 Å². The molecule has 30 heavy (non-hydrogen) atoms. The van der Waals surface area contributed by atoms with Crippen LogP contribution in [-0.2, 0) is 26.2 Å². The fourth-order valence-corrected chi connectivity index (χ4v) is 7.05. The van der Waals surface area contributed by atoms with Gasteiger partial charge in [-0.25, -0.2) is 8.42 Å². The Labute approximate surface area is 178 Å². The van der Waals surface area contributed by atoms with E-state index in [1.54, 1.807) is 22.5 Å². The van der Waals surface area contributed by atoms with Gasteiger partial charge >= 0.3 is 0 Å². The van der Waals surface area contributed by atoms with Crippen molar-refractivity contribution in [1.29, 1.82) is 0 Å². The number of carbonyl (C=O) groups excluding carboxylic acids is 2. The Morgan fingerprint density at radius 2 is 1.63 bits per heavy atom. The van der Waals surface area contributed by atoms with Crippen molar-refractivity contribution in [1.82, 2.24) is 9.21 Å². The van der Waals surface area contributed by atoms with Crippen LogP contribution in [0.4, 0.5) is 0 Å². The van der Waals surface area contributed by atoms with E-state index < -0.39 is 10.0 Å². The number of carbonyl (C=O) groups is 2. The quantitative estimate of drug-likeness (QED) is 0.666. The molecule has 4 rings (SSSR count). The average Bonchev–Trinajstić information content (AvgIpc) is 2.99. The summed E-state index contributed by atoms with van der Waals surface area (Å²) >= 11 is 0. The van der Waals surface area contributed by atoms with E-state index >= 15 is 0 Å². The highest BCUT2D eigenvalue weighted by atomic mass is 32.2. The van der Waals surface area contributed by atoms with E-state index in [0.29, 0.717) is 12.1 Å². The van der Waals surface area contributed by atoms with E-state index in [0.717, 1.165) is 44.9 Å². The predicted octanol–water partition coefficient (Wildman–Crippen LogP) is 2.93. The second kappa shape index (κ2) is 8.30. The fourth-order valence-electron chi connectivity index (χ4n) is 5.15. The number of nitrogens with zero attached hydrogens (tertiary/aromatic N) is 2. The molecule has 0 bridgehead atoms. The third-order valence-electron chi connectivity index (χ3n) is 6.83. The van der Waals surface area contributed by atoms with Gasteiger partial charge in [-0.1, -0.05) is 25.3 Å². The minimum absolute atomic E-state index is 0.0676. The number of imide groups is 1. The first-order valence-corrected chi connectivity index (χ1v) is 12.3. The van der Waals surface area contributed by atoms with Gasteiger partial charge in [0.25, 0.3) is 0 Å². The zero-order chi connectivity index (χ0) is 21.5. The number of benzene rings is 1. The molecule has 164 valence electrons. The van der Waals surface area contributed by atoms with E-state index in [-0.39, 0.29) is 46.9 Å². The monoisotopic (exact) mass is 434 g/mol. The number of piperidine rings is 1. The second-order valence-electron chi connectivity index (χ2n) is 8.71. The van der Waals surface area contributed by atoms with Crippen LogP contribution in [0.5, 0.6) is 5.75 Å². The maximum absolute atomic E-state index is 13.4. The lowest BCUT2D eigenvalue weighted by Gasteiger charge is -2.32. The third-order valence-corrected chi connectivity index (χ3v) is 8.86. The van der Waals surface area contributed by atoms with Crippen LogP contribution in [0.3, 0.4) is 0 Å². The standard InChI is InChI=1S/C22H30N2O5S/c1-15-7-5-6-12-24(15)30(27,28)20-13-16(10-11-19(20)29-2)14-23-21(25)17-8-3-4-9-18(17)22(23)26/h10-11,13,15,17-18H,3-9,12,14H2,1-2H3/t15-,17-,18+/m0/s1. The lowest BCUT2D eigenvalue weighted by atomic mass is 9.81. The van der Waals surface area contributed by atoms with Gasteiger partial charge in [-0.15, -0.1) is 0 Å². The van der Waals surface area contributed by atoms with Crippen LogP contribution in [0, 0.1) is 11.8 Å². The molecule has 3 fully saturated rings. The molecule has 3 atom stereocenters. The van der Waals surface area contributed by atoms with E-state index in [2.05, 4.69) is 0 Å². The van der Waals surface area contributed by atoms with Crippen molar-refractivity contribution in [2.75, 3.05) is 13.7 Å². The van der Waals surface area contributed by atoms with Crippen molar-refractivity contribution in [3.63, 3.8) is 0 Å². The Hall–Kier alpha value is -1.93. The molecular formula is C22H30N2O5S. The van der Waals surface area contributed by atoms with E-state index in [9.17, 15) is 18.0 Å². The molecule has 2 amide bonds. The summed E-state index contributed by atoms with van der Waals surface area (Å²) in [5.74, 6) is -0.364. The molecular weight excluding hydrogens is 404 g/mol. The summed E-state index contributed by atoms with van der Waals surface area (Å²) in [4.78, 5) is 27.0. The average molecular weight is 435 g/mol. The number of methoxy groups -OCH3 is 1. The molecule has 0 unspecified atom stereocenters. The number of hydrogen-bond acceptors (Lipinski definition) is 5. The highest BCUT2D eigenvalue weighted by Crippen LogP contribution is 2.39. The minimum atomic E-state index is -3.74. The number of fused-ring (bicyclic) bond motifs is 1. The van der Waals surface area contributed by atoms with Gasteiger partial charge in [0, 0.05) is 12.6 Å². The summed E-state index contributed by atoms with van der Waals surface area (Å²) in [6.07, 6.45) is 6.18. The van der Waals surface area contributed by atoms with Crippen molar-refractivity contribution in [2.45, 2.75) is 69.4 Å². The molecule has 2 aliphatic heterocycles. The van der Waals surface area contributed by atoms with Gasteiger partial charge in [-0.3, -0.25) is 14.5 Å². The molecule has 1 aromatic carbocycles. The SMILES string of the molecule is COc1ccc(CN2C(=O)[C@H]3CCCC[C@H]3C2=O)cc1S(=O)(=O)N1CCCC[C@@H]1C. The molecule has 1 aromatic rings. The molecule has 1 saturated carbocycles. The minimum Gasteiger partial charge on any atom is -0.495 e. The molecule has 7 nitrogen and oxygen atoms in total. The van der Waals surface area contributed by atoms with Crippen molar-refractivity contribution >= 4 is 21.8 Å². The van der Waals surface area contributed by atoms with Crippen LogP contribution in [0.25, 0.3) is 0 Å². The van der Waals surface area contributed by atoms with Crippen LogP contribution in [0.1, 0.15) is 57.4 Å². The van der Waals surface area contributed by atoms with Gasteiger partial charge in [-0.2, -0.15) is 4.31 Å². The molecule has 3 aliphatic rings.